The van der Waals surface area contributed by atoms with Crippen LogP contribution < -0.4 is 61.0 Å². The zero-order valence-corrected chi connectivity index (χ0v) is 39.7. The Morgan fingerprint density at radius 1 is 0.582 bits per heavy atom. The number of aliphatic imine (C=N–C) groups is 2. The molecular weight excluding hydrogens is 865 g/mol. The number of nitrogens with two attached hydrogens (primary N) is 6. The zero-order chi connectivity index (χ0) is 49.5. The fraction of sp³-hybridized carbons (Fsp3) is 0.778. The number of likely N-dealkylation sites (tertiary alicyclic amines) is 1. The molecule has 17 N–H and O–H groups in total. The molecule has 1 aliphatic heterocycles. The van der Waals surface area contributed by atoms with Crippen LogP contribution in [-0.2, 0) is 38.4 Å². The predicted octanol–water partition coefficient (Wildman–Crippen LogP) is -0.754. The van der Waals surface area contributed by atoms with E-state index >= 15 is 0 Å². The van der Waals surface area contributed by atoms with E-state index in [2.05, 4.69) is 36.6 Å². The largest absolute Gasteiger partial charge is 0.370 e. The number of hydrogen-bond donors (Lipinski definition) is 11. The van der Waals surface area contributed by atoms with Crippen molar-refractivity contribution in [2.24, 2.45) is 62.1 Å². The summed E-state index contributed by atoms with van der Waals surface area (Å²) in [6.07, 6.45) is 13.0. The molecule has 0 aromatic carbocycles. The van der Waals surface area contributed by atoms with Crippen LogP contribution in [0.3, 0.4) is 0 Å². The molecule has 0 aromatic rings. The molecule has 0 radical (unpaired) electrons. The van der Waals surface area contributed by atoms with Crippen molar-refractivity contribution in [3.05, 3.63) is 0 Å². The van der Waals surface area contributed by atoms with E-state index in [-0.39, 0.29) is 81.4 Å². The molecular formula is C45H80N14O8. The summed E-state index contributed by atoms with van der Waals surface area (Å²) < 4.78 is 0. The highest BCUT2D eigenvalue weighted by molar-refractivity contribution is 5.97. The van der Waals surface area contributed by atoms with Crippen molar-refractivity contribution in [1.29, 1.82) is 0 Å². The van der Waals surface area contributed by atoms with Crippen LogP contribution in [0.5, 0.6) is 0 Å². The second-order valence-electron chi connectivity index (χ2n) is 18.9. The van der Waals surface area contributed by atoms with Crippen molar-refractivity contribution in [2.45, 2.75) is 185 Å². The smallest absolute Gasteiger partial charge is 0.245 e. The summed E-state index contributed by atoms with van der Waals surface area (Å²) in [6.45, 7) is 4.32. The minimum absolute atomic E-state index is 0.00315. The minimum Gasteiger partial charge on any atom is -0.370 e. The first-order valence-electron chi connectivity index (χ1n) is 24.3. The SMILES string of the molecule is CC(C)C[C@H](NC(=O)CCC1CCCCC1)C(=O)N[C@@H](CC1CCCCC1)C(=O)N[C@@H](CCCN=C(N)N)C(=O)N1CCC[C@H]1C(=O)N[C@@H](CCCN=C(N)N)C(=O)N[C@@H](CC(N)=O)C(N)=O. The van der Waals surface area contributed by atoms with Crippen LogP contribution in [0.1, 0.15) is 149 Å². The Morgan fingerprint density at radius 2 is 1.10 bits per heavy atom. The van der Waals surface area contributed by atoms with Crippen molar-refractivity contribution in [3.8, 4) is 0 Å². The summed E-state index contributed by atoms with van der Waals surface area (Å²) in [4.78, 5) is 117. The number of primary amides is 2. The Kier molecular flexibility index (Phi) is 24.2. The summed E-state index contributed by atoms with van der Waals surface area (Å²) in [6, 6.07) is -6.86. The van der Waals surface area contributed by atoms with Crippen molar-refractivity contribution in [3.63, 3.8) is 0 Å². The molecule has 3 fully saturated rings. The fourth-order valence-electron chi connectivity index (χ4n) is 9.31. The summed E-state index contributed by atoms with van der Waals surface area (Å²) in [7, 11) is 0. The third-order valence-electron chi connectivity index (χ3n) is 12.8. The van der Waals surface area contributed by atoms with E-state index in [0.29, 0.717) is 31.6 Å². The van der Waals surface area contributed by atoms with Crippen molar-refractivity contribution in [2.75, 3.05) is 19.6 Å². The van der Waals surface area contributed by atoms with Crippen LogP contribution in [0.2, 0.25) is 0 Å². The second-order valence-corrected chi connectivity index (χ2v) is 18.9. The van der Waals surface area contributed by atoms with Crippen molar-refractivity contribution in [1.82, 2.24) is 31.5 Å². The topological polar surface area (TPSA) is 381 Å². The van der Waals surface area contributed by atoms with E-state index in [1.807, 2.05) is 13.8 Å². The molecule has 3 rings (SSSR count). The van der Waals surface area contributed by atoms with E-state index in [1.54, 1.807) is 0 Å². The number of amides is 8. The lowest BCUT2D eigenvalue weighted by Gasteiger charge is -2.32. The van der Waals surface area contributed by atoms with Crippen LogP contribution >= 0.6 is 0 Å². The first-order chi connectivity index (χ1) is 31.8. The third kappa shape index (κ3) is 20.8. The van der Waals surface area contributed by atoms with Gasteiger partial charge in [0.25, 0.3) is 0 Å². The van der Waals surface area contributed by atoms with Gasteiger partial charge in [-0.1, -0.05) is 78.1 Å². The summed E-state index contributed by atoms with van der Waals surface area (Å²) in [5, 5.41) is 13.9. The highest BCUT2D eigenvalue weighted by atomic mass is 16.2. The van der Waals surface area contributed by atoms with Gasteiger partial charge in [0, 0.05) is 26.1 Å². The molecule has 0 aromatic heterocycles. The first kappa shape index (κ1) is 55.6. The van der Waals surface area contributed by atoms with Gasteiger partial charge in [0.15, 0.2) is 11.9 Å². The van der Waals surface area contributed by atoms with E-state index in [1.165, 1.54) is 24.2 Å². The maximum absolute atomic E-state index is 14.6. The van der Waals surface area contributed by atoms with Gasteiger partial charge >= 0.3 is 0 Å². The normalized spacial score (nSPS) is 18.9. The maximum Gasteiger partial charge on any atom is 0.245 e. The van der Waals surface area contributed by atoms with Crippen molar-refractivity contribution < 1.29 is 38.4 Å². The standard InChI is InChI=1S/C45H80N14O8/c1-27(2)24-33(54-37(61)20-19-28-12-5-3-6-13-28)40(64)58-34(25-29-14-7-4-8-15-29)41(65)56-31(17-10-22-53-45(50)51)43(67)59-23-11-18-35(59)42(66)55-30(16-9-21-52-44(48)49)39(63)57-32(38(47)62)26-36(46)60/h27-35H,3-26H2,1-2H3,(H2,46,60)(H2,47,62)(H,54,61)(H,55,66)(H,56,65)(H,57,63)(H,58,64)(H4,48,49,52)(H4,50,51,53)/t30-,31-,32-,33-,34-,35-/m0/s1. The molecule has 3 aliphatic rings. The number of carbonyl (C=O) groups is 8. The predicted molar refractivity (Wildman–Crippen MR) is 254 cm³/mol. The maximum atomic E-state index is 14.6. The molecule has 378 valence electrons. The summed E-state index contributed by atoms with van der Waals surface area (Å²) in [5.74, 6) is -4.87. The molecule has 1 saturated heterocycles. The van der Waals surface area contributed by atoms with Gasteiger partial charge in [0.1, 0.15) is 36.3 Å². The van der Waals surface area contributed by atoms with Gasteiger partial charge in [-0.15, -0.1) is 0 Å². The molecule has 1 heterocycles. The molecule has 2 aliphatic carbocycles. The highest BCUT2D eigenvalue weighted by Crippen LogP contribution is 2.29. The average Bonchev–Trinajstić information content (AvgIpc) is 3.77. The lowest BCUT2D eigenvalue weighted by atomic mass is 9.84. The van der Waals surface area contributed by atoms with Gasteiger partial charge in [-0.2, -0.15) is 0 Å². The van der Waals surface area contributed by atoms with Crippen LogP contribution in [0.25, 0.3) is 0 Å². The molecule has 6 atom stereocenters. The summed E-state index contributed by atoms with van der Waals surface area (Å²) in [5.41, 5.74) is 32.7. The first-order valence-corrected chi connectivity index (χ1v) is 24.3. The third-order valence-corrected chi connectivity index (χ3v) is 12.8. The Morgan fingerprint density at radius 3 is 1.66 bits per heavy atom. The number of nitrogens with one attached hydrogen (secondary N) is 5. The second kappa shape index (κ2) is 29.1. The monoisotopic (exact) mass is 945 g/mol. The molecule has 22 nitrogen and oxygen atoms in total. The van der Waals surface area contributed by atoms with Crippen LogP contribution in [0.4, 0.5) is 0 Å². The molecule has 0 bridgehead atoms. The van der Waals surface area contributed by atoms with Gasteiger partial charge in [0.2, 0.25) is 47.3 Å². The van der Waals surface area contributed by atoms with Gasteiger partial charge in [-0.05, 0) is 75.5 Å². The molecule has 67 heavy (non-hydrogen) atoms. The van der Waals surface area contributed by atoms with Crippen molar-refractivity contribution >= 4 is 59.2 Å². The Balaban J connectivity index is 1.86. The van der Waals surface area contributed by atoms with Gasteiger partial charge in [-0.3, -0.25) is 48.3 Å². The van der Waals surface area contributed by atoms with Crippen LogP contribution in [0.15, 0.2) is 9.98 Å². The average molecular weight is 945 g/mol. The number of carbonyl (C=O) groups excluding carboxylic acids is 8. The van der Waals surface area contributed by atoms with E-state index in [0.717, 1.165) is 51.4 Å². The summed E-state index contributed by atoms with van der Waals surface area (Å²) >= 11 is 0. The minimum atomic E-state index is -1.45. The number of hydrogen-bond acceptors (Lipinski definition) is 10. The number of nitrogens with zero attached hydrogens (tertiary/aromatic N) is 3. The number of rotatable bonds is 28. The highest BCUT2D eigenvalue weighted by Gasteiger charge is 2.40. The quantitative estimate of drug-likeness (QED) is 0.0262. The molecule has 0 spiro atoms. The Bertz CT molecular complexity index is 1720. The number of guanidine groups is 2. The van der Waals surface area contributed by atoms with Gasteiger partial charge < -0.3 is 65.9 Å². The van der Waals surface area contributed by atoms with Crippen LogP contribution in [0, 0.1) is 17.8 Å². The van der Waals surface area contributed by atoms with E-state index in [4.69, 9.17) is 34.4 Å². The molecule has 2 saturated carbocycles. The van der Waals surface area contributed by atoms with E-state index in [9.17, 15) is 38.4 Å². The van der Waals surface area contributed by atoms with Gasteiger partial charge in [0.05, 0.1) is 6.42 Å². The molecule has 8 amide bonds. The Hall–Kier alpha value is -5.70. The van der Waals surface area contributed by atoms with Crippen LogP contribution in [-0.4, -0.2) is 120 Å². The van der Waals surface area contributed by atoms with Gasteiger partial charge in [-0.25, -0.2) is 0 Å². The molecule has 0 unspecified atom stereocenters. The van der Waals surface area contributed by atoms with E-state index < -0.39 is 84.0 Å². The zero-order valence-electron chi connectivity index (χ0n) is 39.7. The lowest BCUT2D eigenvalue weighted by molar-refractivity contribution is -0.143. The lowest BCUT2D eigenvalue weighted by Crippen LogP contribution is -2.59. The molecule has 22 heteroatoms. The fourth-order valence-corrected chi connectivity index (χ4v) is 9.31. The Labute approximate surface area is 394 Å².